The van der Waals surface area contributed by atoms with E-state index in [0.717, 1.165) is 4.90 Å². The maximum atomic E-state index is 13.2. The van der Waals surface area contributed by atoms with Crippen molar-refractivity contribution in [2.75, 3.05) is 18.1 Å². The molecule has 0 bridgehead atoms. The van der Waals surface area contributed by atoms with Crippen LogP contribution in [0.1, 0.15) is 18.1 Å². The predicted molar refractivity (Wildman–Crippen MR) is 126 cm³/mol. The van der Waals surface area contributed by atoms with Gasteiger partial charge in [0.15, 0.2) is 11.5 Å². The quantitative estimate of drug-likeness (QED) is 0.274. The summed E-state index contributed by atoms with van der Waals surface area (Å²) in [6.45, 7) is 5.97. The number of carbonyl (C=O) groups excluding carboxylic acids is 3. The van der Waals surface area contributed by atoms with Gasteiger partial charge in [0.05, 0.1) is 17.3 Å². The first-order valence-electron chi connectivity index (χ1n) is 10.0. The molecular formula is C25H21ClN2O5. The summed E-state index contributed by atoms with van der Waals surface area (Å²) in [6, 6.07) is 8.84. The molecule has 8 heteroatoms. The van der Waals surface area contributed by atoms with Crippen LogP contribution in [0.15, 0.2) is 54.6 Å². The fourth-order valence-electron chi connectivity index (χ4n) is 3.29. The molecule has 0 aliphatic carbocycles. The Labute approximate surface area is 196 Å². The van der Waals surface area contributed by atoms with Gasteiger partial charge in [-0.3, -0.25) is 14.9 Å². The zero-order valence-corrected chi connectivity index (χ0v) is 18.6. The first-order chi connectivity index (χ1) is 15.9. The van der Waals surface area contributed by atoms with E-state index < -0.39 is 17.8 Å². The molecule has 2 aromatic rings. The van der Waals surface area contributed by atoms with Crippen molar-refractivity contribution in [2.24, 2.45) is 0 Å². The van der Waals surface area contributed by atoms with Crippen LogP contribution >= 0.6 is 11.6 Å². The molecule has 0 spiro atoms. The van der Waals surface area contributed by atoms with Crippen molar-refractivity contribution in [3.8, 4) is 23.8 Å². The summed E-state index contributed by atoms with van der Waals surface area (Å²) in [4.78, 5) is 38.9. The maximum absolute atomic E-state index is 13.2. The second-order valence-electron chi connectivity index (χ2n) is 6.84. The summed E-state index contributed by atoms with van der Waals surface area (Å²) in [5.41, 5.74) is 1.13. The Balaban J connectivity index is 2.09. The minimum absolute atomic E-state index is 0.0421. The standard InChI is InChI=1S/C25H21ClN2O5/c1-4-9-17-13-16(15-21(32-6-3)22(17)33-12-5-2)14-18-23(29)27-25(31)28(24(18)30)20-11-8-7-10-19(20)26/h2,4,7-8,10-11,13-15H,1,6,9,12H2,3H3,(H,27,29,31)/b18-14+. The van der Waals surface area contributed by atoms with E-state index >= 15 is 0 Å². The molecule has 3 rings (SSSR count). The van der Waals surface area contributed by atoms with Crippen LogP contribution < -0.4 is 19.7 Å². The number of carbonyl (C=O) groups is 3. The lowest BCUT2D eigenvalue weighted by molar-refractivity contribution is -0.122. The number of nitrogens with zero attached hydrogens (tertiary/aromatic N) is 1. The Hall–Kier alpha value is -4.02. The van der Waals surface area contributed by atoms with Gasteiger partial charge in [0.2, 0.25) is 0 Å². The average Bonchev–Trinajstić information content (AvgIpc) is 2.78. The number of hydrogen-bond acceptors (Lipinski definition) is 5. The van der Waals surface area contributed by atoms with E-state index in [1.54, 1.807) is 36.4 Å². The van der Waals surface area contributed by atoms with Gasteiger partial charge in [-0.2, -0.15) is 0 Å². The smallest absolute Gasteiger partial charge is 0.335 e. The highest BCUT2D eigenvalue weighted by atomic mass is 35.5. The molecule has 0 atom stereocenters. The Morgan fingerprint density at radius 3 is 2.64 bits per heavy atom. The van der Waals surface area contributed by atoms with Crippen LogP contribution in [0.3, 0.4) is 0 Å². The van der Waals surface area contributed by atoms with Gasteiger partial charge in [0, 0.05) is 5.56 Å². The molecule has 33 heavy (non-hydrogen) atoms. The molecule has 0 saturated carbocycles. The molecule has 1 N–H and O–H groups in total. The highest BCUT2D eigenvalue weighted by Gasteiger charge is 2.37. The van der Waals surface area contributed by atoms with E-state index in [1.807, 2.05) is 6.92 Å². The molecule has 0 unspecified atom stereocenters. The zero-order valence-electron chi connectivity index (χ0n) is 17.9. The summed E-state index contributed by atoms with van der Waals surface area (Å²) in [6.07, 6.45) is 8.82. The van der Waals surface area contributed by atoms with Gasteiger partial charge < -0.3 is 9.47 Å². The molecule has 7 nitrogen and oxygen atoms in total. The summed E-state index contributed by atoms with van der Waals surface area (Å²) in [5, 5.41) is 2.37. The predicted octanol–water partition coefficient (Wildman–Crippen LogP) is 4.15. The Kier molecular flexibility index (Phi) is 7.54. The largest absolute Gasteiger partial charge is 0.490 e. The number of amides is 4. The van der Waals surface area contributed by atoms with Crippen LogP contribution in [0.25, 0.3) is 6.08 Å². The first-order valence-corrected chi connectivity index (χ1v) is 10.4. The molecule has 2 aromatic carbocycles. The zero-order chi connectivity index (χ0) is 24.0. The monoisotopic (exact) mass is 464 g/mol. The van der Waals surface area contributed by atoms with Crippen molar-refractivity contribution in [3.05, 3.63) is 70.8 Å². The molecule has 1 aliphatic rings. The molecule has 0 aromatic heterocycles. The summed E-state index contributed by atoms with van der Waals surface area (Å²) in [5.74, 6) is 1.67. The van der Waals surface area contributed by atoms with Gasteiger partial charge >= 0.3 is 6.03 Å². The molecule has 1 aliphatic heterocycles. The first kappa shape index (κ1) is 23.6. The number of nitrogens with one attached hydrogen (secondary N) is 1. The van der Waals surface area contributed by atoms with Crippen molar-refractivity contribution < 1.29 is 23.9 Å². The molecular weight excluding hydrogens is 444 g/mol. The number of terminal acetylenes is 1. The van der Waals surface area contributed by atoms with Crippen molar-refractivity contribution in [3.63, 3.8) is 0 Å². The number of allylic oxidation sites excluding steroid dienone is 1. The SMILES string of the molecule is C#CCOc1c(CC=C)cc(/C=C2\C(=O)NC(=O)N(c3ccccc3Cl)C2=O)cc1OCC. The van der Waals surface area contributed by atoms with Gasteiger partial charge in [-0.05, 0) is 49.2 Å². The van der Waals surface area contributed by atoms with Gasteiger partial charge in [-0.25, -0.2) is 9.69 Å². The average molecular weight is 465 g/mol. The van der Waals surface area contributed by atoms with E-state index in [-0.39, 0.29) is 22.9 Å². The van der Waals surface area contributed by atoms with E-state index in [1.165, 1.54) is 12.1 Å². The van der Waals surface area contributed by atoms with Crippen LogP contribution in [-0.2, 0) is 16.0 Å². The second-order valence-corrected chi connectivity index (χ2v) is 7.24. The van der Waals surface area contributed by atoms with Crippen LogP contribution in [0.4, 0.5) is 10.5 Å². The fraction of sp³-hybridized carbons (Fsp3) is 0.160. The van der Waals surface area contributed by atoms with Crippen molar-refractivity contribution in [2.45, 2.75) is 13.3 Å². The van der Waals surface area contributed by atoms with Crippen LogP contribution in [-0.4, -0.2) is 31.1 Å². The van der Waals surface area contributed by atoms with Gasteiger partial charge in [0.1, 0.15) is 12.2 Å². The number of halogens is 1. The highest BCUT2D eigenvalue weighted by Crippen LogP contribution is 2.35. The third-order valence-electron chi connectivity index (χ3n) is 4.62. The number of para-hydroxylation sites is 1. The second kappa shape index (κ2) is 10.5. The van der Waals surface area contributed by atoms with Gasteiger partial charge in [0.25, 0.3) is 11.8 Å². The van der Waals surface area contributed by atoms with E-state index in [2.05, 4.69) is 17.8 Å². The molecule has 0 radical (unpaired) electrons. The fourth-order valence-corrected chi connectivity index (χ4v) is 3.51. The number of anilines is 1. The Morgan fingerprint density at radius 2 is 1.97 bits per heavy atom. The number of urea groups is 1. The topological polar surface area (TPSA) is 84.9 Å². The number of barbiturate groups is 1. The lowest BCUT2D eigenvalue weighted by Gasteiger charge is -2.27. The molecule has 4 amide bonds. The van der Waals surface area contributed by atoms with Crippen molar-refractivity contribution in [1.82, 2.24) is 5.32 Å². The normalized spacial score (nSPS) is 14.6. The van der Waals surface area contributed by atoms with Gasteiger partial charge in [-0.1, -0.05) is 35.7 Å². The summed E-state index contributed by atoms with van der Waals surface area (Å²) < 4.78 is 11.4. The lowest BCUT2D eigenvalue weighted by atomic mass is 10.0. The van der Waals surface area contributed by atoms with Crippen LogP contribution in [0.5, 0.6) is 11.5 Å². The molecule has 1 saturated heterocycles. The van der Waals surface area contributed by atoms with E-state index in [4.69, 9.17) is 27.5 Å². The number of imide groups is 2. The maximum Gasteiger partial charge on any atom is 0.335 e. The lowest BCUT2D eigenvalue weighted by Crippen LogP contribution is -2.54. The number of ether oxygens (including phenoxy) is 2. The van der Waals surface area contributed by atoms with E-state index in [9.17, 15) is 14.4 Å². The van der Waals surface area contributed by atoms with Crippen LogP contribution in [0.2, 0.25) is 5.02 Å². The van der Waals surface area contributed by atoms with Crippen molar-refractivity contribution >= 4 is 41.2 Å². The summed E-state index contributed by atoms with van der Waals surface area (Å²) in [7, 11) is 0. The van der Waals surface area contributed by atoms with Gasteiger partial charge in [-0.15, -0.1) is 13.0 Å². The summed E-state index contributed by atoms with van der Waals surface area (Å²) >= 11 is 6.17. The Morgan fingerprint density at radius 1 is 1.21 bits per heavy atom. The number of rotatable bonds is 8. The third kappa shape index (κ3) is 5.08. The van der Waals surface area contributed by atoms with Crippen LogP contribution in [0, 0.1) is 12.3 Å². The minimum Gasteiger partial charge on any atom is -0.490 e. The van der Waals surface area contributed by atoms with E-state index in [0.29, 0.717) is 35.7 Å². The Bertz CT molecular complexity index is 1200. The highest BCUT2D eigenvalue weighted by molar-refractivity contribution is 6.42. The number of benzene rings is 2. The van der Waals surface area contributed by atoms with Crippen molar-refractivity contribution in [1.29, 1.82) is 0 Å². The minimum atomic E-state index is -0.879. The third-order valence-corrected chi connectivity index (χ3v) is 4.94. The number of hydrogen-bond donors (Lipinski definition) is 1. The molecule has 168 valence electrons. The molecule has 1 heterocycles. The molecule has 1 fully saturated rings.